The molecule has 0 atom stereocenters. The number of hydrogen-bond acceptors (Lipinski definition) is 3. The number of rotatable bonds is 1. The molecule has 2 heterocycles. The van der Waals surface area contributed by atoms with Crippen LogP contribution in [0.15, 0.2) is 15.5 Å². The fourth-order valence-corrected chi connectivity index (χ4v) is 1.84. The van der Waals surface area contributed by atoms with Crippen LogP contribution >= 0.6 is 0 Å². The van der Waals surface area contributed by atoms with Gasteiger partial charge in [-0.25, -0.2) is 5.01 Å². The van der Waals surface area contributed by atoms with E-state index in [1.54, 1.807) is 34.0 Å². The molecule has 17 heavy (non-hydrogen) atoms. The predicted molar refractivity (Wildman–Crippen MR) is 64.6 cm³/mol. The SMILES string of the molecule is CC1=NN(C)C(=O)/C1=C\c1c(C)[nH]n(C)c1=O. The molecule has 1 aromatic heterocycles. The van der Waals surface area contributed by atoms with Crippen LogP contribution in [0.4, 0.5) is 0 Å². The van der Waals surface area contributed by atoms with Crippen LogP contribution < -0.4 is 5.56 Å². The normalized spacial score (nSPS) is 18.1. The van der Waals surface area contributed by atoms with Crippen molar-refractivity contribution >= 4 is 17.7 Å². The zero-order chi connectivity index (χ0) is 12.7. The first-order chi connectivity index (χ1) is 7.91. The number of carbonyl (C=O) groups is 1. The number of carbonyl (C=O) groups excluding carboxylic acids is 1. The van der Waals surface area contributed by atoms with Gasteiger partial charge in [0.05, 0.1) is 16.8 Å². The number of H-pyrrole nitrogens is 1. The molecule has 6 nitrogen and oxygen atoms in total. The Hall–Kier alpha value is -2.11. The van der Waals surface area contributed by atoms with Crippen LogP contribution in [0.25, 0.3) is 6.08 Å². The minimum atomic E-state index is -0.190. The van der Waals surface area contributed by atoms with Crippen molar-refractivity contribution in [1.82, 2.24) is 14.8 Å². The highest BCUT2D eigenvalue weighted by atomic mass is 16.2. The fourth-order valence-electron chi connectivity index (χ4n) is 1.84. The fraction of sp³-hybridized carbons (Fsp3) is 0.364. The van der Waals surface area contributed by atoms with Gasteiger partial charge in [0.2, 0.25) is 0 Å². The highest BCUT2D eigenvalue weighted by Gasteiger charge is 2.25. The molecule has 0 spiro atoms. The van der Waals surface area contributed by atoms with Crippen molar-refractivity contribution in [3.8, 4) is 0 Å². The van der Waals surface area contributed by atoms with Crippen molar-refractivity contribution in [1.29, 1.82) is 0 Å². The molecule has 0 saturated heterocycles. The van der Waals surface area contributed by atoms with Gasteiger partial charge in [0.1, 0.15) is 0 Å². The van der Waals surface area contributed by atoms with Crippen LogP contribution in [0.2, 0.25) is 0 Å². The molecule has 0 unspecified atom stereocenters. The molecule has 90 valence electrons. The predicted octanol–water partition coefficient (Wildman–Crippen LogP) is 0.253. The number of aromatic nitrogens is 2. The summed E-state index contributed by atoms with van der Waals surface area (Å²) in [6.07, 6.45) is 1.60. The van der Waals surface area contributed by atoms with Gasteiger partial charge in [-0.15, -0.1) is 0 Å². The minimum absolute atomic E-state index is 0.148. The molecular weight excluding hydrogens is 220 g/mol. The summed E-state index contributed by atoms with van der Waals surface area (Å²) in [6, 6.07) is 0. The Morgan fingerprint density at radius 3 is 2.29 bits per heavy atom. The van der Waals surface area contributed by atoms with E-state index in [9.17, 15) is 9.59 Å². The van der Waals surface area contributed by atoms with E-state index in [1.165, 1.54) is 9.69 Å². The number of hydrogen-bond donors (Lipinski definition) is 1. The molecule has 0 aromatic carbocycles. The molecule has 0 saturated carbocycles. The Morgan fingerprint density at radius 2 is 1.88 bits per heavy atom. The molecule has 0 fully saturated rings. The van der Waals surface area contributed by atoms with Gasteiger partial charge in [0, 0.05) is 19.8 Å². The third kappa shape index (κ3) is 1.71. The van der Waals surface area contributed by atoms with E-state index in [0.29, 0.717) is 16.8 Å². The smallest absolute Gasteiger partial charge is 0.275 e. The molecule has 0 bridgehead atoms. The van der Waals surface area contributed by atoms with E-state index in [-0.39, 0.29) is 11.5 Å². The number of amides is 1. The molecule has 2 rings (SSSR count). The Labute approximate surface area is 98.2 Å². The van der Waals surface area contributed by atoms with E-state index in [2.05, 4.69) is 10.2 Å². The number of aryl methyl sites for hydroxylation is 2. The first-order valence-electron chi connectivity index (χ1n) is 5.22. The summed E-state index contributed by atoms with van der Waals surface area (Å²) in [5.41, 5.74) is 2.18. The van der Waals surface area contributed by atoms with E-state index < -0.39 is 0 Å². The van der Waals surface area contributed by atoms with Crippen LogP contribution in [0, 0.1) is 6.92 Å². The summed E-state index contributed by atoms with van der Waals surface area (Å²) in [5, 5.41) is 8.18. The molecule has 1 amide bonds. The molecule has 1 aliphatic rings. The Morgan fingerprint density at radius 1 is 1.24 bits per heavy atom. The Bertz CT molecular complexity index is 603. The zero-order valence-corrected chi connectivity index (χ0v) is 10.2. The second-order valence-corrected chi connectivity index (χ2v) is 4.09. The summed E-state index contributed by atoms with van der Waals surface area (Å²) >= 11 is 0. The minimum Gasteiger partial charge on any atom is -0.300 e. The van der Waals surface area contributed by atoms with Crippen LogP contribution in [-0.2, 0) is 11.8 Å². The second-order valence-electron chi connectivity index (χ2n) is 4.09. The van der Waals surface area contributed by atoms with Crippen LogP contribution in [0.5, 0.6) is 0 Å². The third-order valence-electron chi connectivity index (χ3n) is 2.78. The number of nitrogens with zero attached hydrogens (tertiary/aromatic N) is 3. The van der Waals surface area contributed by atoms with Crippen LogP contribution in [0.3, 0.4) is 0 Å². The second kappa shape index (κ2) is 3.73. The summed E-state index contributed by atoms with van der Waals surface area (Å²) < 4.78 is 1.39. The molecule has 1 aliphatic heterocycles. The van der Waals surface area contributed by atoms with Gasteiger partial charge in [0.15, 0.2) is 0 Å². The quantitative estimate of drug-likeness (QED) is 0.708. The maximum absolute atomic E-state index is 11.8. The van der Waals surface area contributed by atoms with Gasteiger partial charge in [-0.05, 0) is 19.9 Å². The topological polar surface area (TPSA) is 70.5 Å². The van der Waals surface area contributed by atoms with E-state index in [0.717, 1.165) is 5.69 Å². The average molecular weight is 234 g/mol. The summed E-state index contributed by atoms with van der Waals surface area (Å²) in [4.78, 5) is 23.6. The van der Waals surface area contributed by atoms with Gasteiger partial charge in [0.25, 0.3) is 11.5 Å². The maximum Gasteiger partial charge on any atom is 0.275 e. The van der Waals surface area contributed by atoms with Gasteiger partial charge < -0.3 is 0 Å². The molecular formula is C11H14N4O2. The molecule has 1 aromatic rings. The number of nitrogens with one attached hydrogen (secondary N) is 1. The first kappa shape index (κ1) is 11.4. The van der Waals surface area contributed by atoms with Crippen LogP contribution in [-0.4, -0.2) is 33.5 Å². The molecule has 1 N–H and O–H groups in total. The largest absolute Gasteiger partial charge is 0.300 e. The zero-order valence-electron chi connectivity index (χ0n) is 10.2. The standard InChI is InChI=1S/C11H14N4O2/c1-6-8(10(16)14(3)12-6)5-9-7(2)13-15(4)11(9)17/h5,12H,1-4H3/b9-5-. The third-order valence-corrected chi connectivity index (χ3v) is 2.78. The number of likely N-dealkylation sites (N-methyl/N-ethyl adjacent to an activating group) is 1. The summed E-state index contributed by atoms with van der Waals surface area (Å²) in [5.74, 6) is -0.190. The van der Waals surface area contributed by atoms with Crippen molar-refractivity contribution in [2.75, 3.05) is 7.05 Å². The lowest BCUT2D eigenvalue weighted by Gasteiger charge is -2.00. The van der Waals surface area contributed by atoms with Crippen molar-refractivity contribution in [3.63, 3.8) is 0 Å². The highest BCUT2D eigenvalue weighted by Crippen LogP contribution is 2.16. The van der Waals surface area contributed by atoms with E-state index in [4.69, 9.17) is 0 Å². The van der Waals surface area contributed by atoms with Crippen molar-refractivity contribution in [3.05, 3.63) is 27.2 Å². The lowest BCUT2D eigenvalue weighted by atomic mass is 10.1. The summed E-state index contributed by atoms with van der Waals surface area (Å²) in [7, 11) is 3.23. The lowest BCUT2D eigenvalue weighted by Crippen LogP contribution is -2.18. The lowest BCUT2D eigenvalue weighted by molar-refractivity contribution is -0.124. The summed E-state index contributed by atoms with van der Waals surface area (Å²) in [6.45, 7) is 3.54. The van der Waals surface area contributed by atoms with Gasteiger partial charge in [-0.2, -0.15) is 5.10 Å². The molecule has 0 aliphatic carbocycles. The monoisotopic (exact) mass is 234 g/mol. The van der Waals surface area contributed by atoms with Crippen molar-refractivity contribution < 1.29 is 4.79 Å². The van der Waals surface area contributed by atoms with E-state index in [1.807, 2.05) is 0 Å². The maximum atomic E-state index is 11.8. The van der Waals surface area contributed by atoms with Gasteiger partial charge in [-0.3, -0.25) is 19.4 Å². The van der Waals surface area contributed by atoms with Crippen molar-refractivity contribution in [2.24, 2.45) is 12.1 Å². The molecule has 6 heteroatoms. The molecule has 0 radical (unpaired) electrons. The number of aromatic amines is 1. The highest BCUT2D eigenvalue weighted by molar-refractivity contribution is 6.26. The first-order valence-corrected chi connectivity index (χ1v) is 5.22. The van der Waals surface area contributed by atoms with Gasteiger partial charge >= 0.3 is 0 Å². The Kier molecular flexibility index (Phi) is 2.49. The average Bonchev–Trinajstić information content (AvgIpc) is 2.62. The van der Waals surface area contributed by atoms with E-state index >= 15 is 0 Å². The van der Waals surface area contributed by atoms with Crippen molar-refractivity contribution in [2.45, 2.75) is 13.8 Å². The Balaban J connectivity index is 2.55. The van der Waals surface area contributed by atoms with Gasteiger partial charge in [-0.1, -0.05) is 0 Å². The van der Waals surface area contributed by atoms with Crippen LogP contribution in [0.1, 0.15) is 18.2 Å². The number of hydrazone groups is 1.